The molecule has 0 saturated carbocycles. The molecule has 15 heavy (non-hydrogen) atoms. The summed E-state index contributed by atoms with van der Waals surface area (Å²) in [6.45, 7) is 2.18. The summed E-state index contributed by atoms with van der Waals surface area (Å²) in [7, 11) is 0. The van der Waals surface area contributed by atoms with Crippen LogP contribution in [0.1, 0.15) is 5.82 Å². The van der Waals surface area contributed by atoms with Crippen molar-refractivity contribution >= 4 is 33.9 Å². The van der Waals surface area contributed by atoms with Gasteiger partial charge in [0.05, 0.1) is 6.54 Å². The van der Waals surface area contributed by atoms with Gasteiger partial charge in [0.25, 0.3) is 5.56 Å². The molecule has 78 valence electrons. The van der Waals surface area contributed by atoms with Crippen LogP contribution in [0.15, 0.2) is 15.6 Å². The topological polar surface area (TPSA) is 64.2 Å². The van der Waals surface area contributed by atoms with Crippen molar-refractivity contribution in [2.45, 2.75) is 13.1 Å². The fraction of sp³-hybridized carbons (Fsp3) is 0.375. The molecule has 3 rings (SSSR count). The highest BCUT2D eigenvalue weighted by atomic mass is 127. The Morgan fingerprint density at radius 3 is 3.20 bits per heavy atom. The quantitative estimate of drug-likeness (QED) is 0.524. The first-order valence-electron chi connectivity index (χ1n) is 4.50. The Kier molecular flexibility index (Phi) is 2.02. The highest BCUT2D eigenvalue weighted by Crippen LogP contribution is 2.14. The van der Waals surface area contributed by atoms with E-state index in [0.717, 1.165) is 12.4 Å². The molecule has 1 aliphatic heterocycles. The van der Waals surface area contributed by atoms with Crippen LogP contribution in [0.5, 0.6) is 0 Å². The minimum absolute atomic E-state index is 0.103. The number of hydrogen-bond acceptors (Lipinski definition) is 5. The number of rotatable bonds is 0. The maximum Gasteiger partial charge on any atom is 0.283 e. The van der Waals surface area contributed by atoms with E-state index >= 15 is 0 Å². The van der Waals surface area contributed by atoms with E-state index in [2.05, 4.69) is 36.1 Å². The van der Waals surface area contributed by atoms with Crippen LogP contribution < -0.4 is 5.56 Å². The SMILES string of the molecule is O=c1c2nocc2nc2n1CCN(I)C2. The fourth-order valence-electron chi connectivity index (χ4n) is 1.70. The molecule has 0 spiro atoms. The smallest absolute Gasteiger partial charge is 0.283 e. The summed E-state index contributed by atoms with van der Waals surface area (Å²) >= 11 is 2.23. The van der Waals surface area contributed by atoms with Gasteiger partial charge in [-0.25, -0.2) is 8.10 Å². The first-order valence-corrected chi connectivity index (χ1v) is 5.47. The molecule has 1 aliphatic rings. The van der Waals surface area contributed by atoms with Gasteiger partial charge >= 0.3 is 0 Å². The molecule has 3 heterocycles. The van der Waals surface area contributed by atoms with Gasteiger partial charge in [-0.1, -0.05) is 5.16 Å². The van der Waals surface area contributed by atoms with Gasteiger partial charge in [0.15, 0.2) is 5.52 Å². The Hall–Kier alpha value is -0.960. The van der Waals surface area contributed by atoms with Gasteiger partial charge in [-0.15, -0.1) is 0 Å². The highest BCUT2D eigenvalue weighted by molar-refractivity contribution is 14.1. The molecule has 6 nitrogen and oxygen atoms in total. The van der Waals surface area contributed by atoms with Crippen molar-refractivity contribution in [2.75, 3.05) is 6.54 Å². The molecule has 0 unspecified atom stereocenters. The number of halogens is 1. The van der Waals surface area contributed by atoms with Crippen molar-refractivity contribution in [3.05, 3.63) is 22.4 Å². The van der Waals surface area contributed by atoms with E-state index in [1.54, 1.807) is 4.57 Å². The lowest BCUT2D eigenvalue weighted by atomic mass is 10.3. The van der Waals surface area contributed by atoms with Crippen molar-refractivity contribution in [2.24, 2.45) is 0 Å². The van der Waals surface area contributed by atoms with Crippen molar-refractivity contribution in [1.82, 2.24) is 17.8 Å². The molecule has 0 amide bonds. The number of aromatic nitrogens is 3. The average Bonchev–Trinajstić information content (AvgIpc) is 2.65. The number of nitrogens with zero attached hydrogens (tertiary/aromatic N) is 4. The Bertz CT molecular complexity index is 576. The maximum atomic E-state index is 11.9. The summed E-state index contributed by atoms with van der Waals surface area (Å²) in [4.78, 5) is 16.3. The summed E-state index contributed by atoms with van der Waals surface area (Å²) in [5.74, 6) is 0.774. The van der Waals surface area contributed by atoms with E-state index < -0.39 is 0 Å². The lowest BCUT2D eigenvalue weighted by Crippen LogP contribution is -2.35. The molecule has 0 fully saturated rings. The molecule has 0 saturated heterocycles. The van der Waals surface area contributed by atoms with Crippen molar-refractivity contribution in [3.8, 4) is 0 Å². The van der Waals surface area contributed by atoms with Crippen LogP contribution in [0.25, 0.3) is 11.0 Å². The zero-order chi connectivity index (χ0) is 10.4. The molecule has 2 aromatic heterocycles. The first-order chi connectivity index (χ1) is 7.25. The monoisotopic (exact) mass is 318 g/mol. The molecule has 0 atom stereocenters. The standard InChI is InChI=1S/C8H7IN4O2/c9-12-1-2-13-6(3-12)10-5-4-15-11-7(5)8(13)14/h4H,1-3H2. The molecule has 0 aromatic carbocycles. The van der Waals surface area contributed by atoms with Gasteiger partial charge in [-0.05, 0) is 0 Å². The van der Waals surface area contributed by atoms with Crippen LogP contribution in [0.4, 0.5) is 0 Å². The third kappa shape index (κ3) is 1.37. The van der Waals surface area contributed by atoms with Crippen LogP contribution in [0.3, 0.4) is 0 Å². The molecule has 2 aromatic rings. The minimum Gasteiger partial charge on any atom is -0.362 e. The molecule has 0 radical (unpaired) electrons. The van der Waals surface area contributed by atoms with Crippen molar-refractivity contribution in [3.63, 3.8) is 0 Å². The van der Waals surface area contributed by atoms with E-state index in [1.165, 1.54) is 6.26 Å². The maximum absolute atomic E-state index is 11.9. The van der Waals surface area contributed by atoms with Crippen LogP contribution in [0.2, 0.25) is 0 Å². The minimum atomic E-state index is -0.103. The van der Waals surface area contributed by atoms with Crippen molar-refractivity contribution < 1.29 is 4.52 Å². The van der Waals surface area contributed by atoms with Gasteiger partial charge in [0.2, 0.25) is 0 Å². The van der Waals surface area contributed by atoms with Gasteiger partial charge in [0, 0.05) is 36.0 Å². The molecule has 0 aliphatic carbocycles. The second-order valence-electron chi connectivity index (χ2n) is 3.38. The van der Waals surface area contributed by atoms with Gasteiger partial charge in [-0.3, -0.25) is 9.36 Å². The normalized spacial score (nSPS) is 16.9. The van der Waals surface area contributed by atoms with E-state index in [9.17, 15) is 4.79 Å². The lowest BCUT2D eigenvalue weighted by molar-refractivity contribution is 0.383. The Morgan fingerprint density at radius 2 is 2.33 bits per heavy atom. The van der Waals surface area contributed by atoms with E-state index in [0.29, 0.717) is 24.1 Å². The van der Waals surface area contributed by atoms with Gasteiger partial charge in [-0.2, -0.15) is 0 Å². The molecular formula is C8H7IN4O2. The van der Waals surface area contributed by atoms with Crippen LogP contribution in [-0.2, 0) is 13.1 Å². The number of hydrogen-bond donors (Lipinski definition) is 0. The predicted octanol–water partition coefficient (Wildman–Crippen LogP) is 0.550. The van der Waals surface area contributed by atoms with E-state index in [1.807, 2.05) is 0 Å². The zero-order valence-corrected chi connectivity index (χ0v) is 9.84. The Balaban J connectivity index is 2.33. The summed E-state index contributed by atoms with van der Waals surface area (Å²) in [6.07, 6.45) is 1.41. The van der Waals surface area contributed by atoms with Crippen LogP contribution in [0, 0.1) is 0 Å². The second kappa shape index (κ2) is 3.27. The van der Waals surface area contributed by atoms with Gasteiger partial charge < -0.3 is 4.52 Å². The summed E-state index contributed by atoms with van der Waals surface area (Å²) in [6, 6.07) is 0. The molecule has 0 N–H and O–H groups in total. The summed E-state index contributed by atoms with van der Waals surface area (Å²) < 4.78 is 8.51. The largest absolute Gasteiger partial charge is 0.362 e. The second-order valence-corrected chi connectivity index (χ2v) is 4.74. The first kappa shape index (κ1) is 9.28. The van der Waals surface area contributed by atoms with Crippen molar-refractivity contribution in [1.29, 1.82) is 0 Å². The number of fused-ring (bicyclic) bond motifs is 2. The zero-order valence-electron chi connectivity index (χ0n) is 7.68. The van der Waals surface area contributed by atoms with Crippen LogP contribution in [-0.4, -0.2) is 24.4 Å². The summed E-state index contributed by atoms with van der Waals surface area (Å²) in [5, 5.41) is 3.66. The molecular weight excluding hydrogens is 311 g/mol. The average molecular weight is 318 g/mol. The van der Waals surface area contributed by atoms with E-state index in [-0.39, 0.29) is 5.56 Å². The molecule has 7 heteroatoms. The fourth-order valence-corrected chi connectivity index (χ4v) is 2.22. The Morgan fingerprint density at radius 1 is 1.47 bits per heavy atom. The third-order valence-electron chi connectivity index (χ3n) is 2.44. The lowest BCUT2D eigenvalue weighted by Gasteiger charge is -2.23. The molecule has 0 bridgehead atoms. The van der Waals surface area contributed by atoms with Crippen LogP contribution >= 0.6 is 22.9 Å². The highest BCUT2D eigenvalue weighted by Gasteiger charge is 2.19. The van der Waals surface area contributed by atoms with E-state index in [4.69, 9.17) is 4.52 Å². The predicted molar refractivity (Wildman–Crippen MR) is 60.5 cm³/mol. The summed E-state index contributed by atoms with van der Waals surface area (Å²) in [5.41, 5.74) is 0.756. The third-order valence-corrected chi connectivity index (χ3v) is 3.26. The Labute approximate surface area is 98.4 Å². The van der Waals surface area contributed by atoms with Gasteiger partial charge in [0.1, 0.15) is 17.6 Å².